The van der Waals surface area contributed by atoms with Crippen molar-refractivity contribution in [2.24, 2.45) is 5.92 Å². The highest BCUT2D eigenvalue weighted by Gasteiger charge is 2.42. The number of rotatable bonds is 5. The average Bonchev–Trinajstić information content (AvgIpc) is 3.09. The molecule has 2 aromatic rings. The Morgan fingerprint density at radius 3 is 2.45 bits per heavy atom. The highest BCUT2D eigenvalue weighted by molar-refractivity contribution is 7.90. The number of nitrogens with two attached hydrogens (primary N) is 1. The van der Waals surface area contributed by atoms with Crippen LogP contribution in [0.25, 0.3) is 5.57 Å². The van der Waals surface area contributed by atoms with Gasteiger partial charge in [-0.1, -0.05) is 39.8 Å². The Balaban J connectivity index is 1.89. The van der Waals surface area contributed by atoms with Crippen molar-refractivity contribution in [1.82, 2.24) is 19.6 Å². The van der Waals surface area contributed by atoms with Crippen molar-refractivity contribution in [3.05, 3.63) is 47.2 Å². The van der Waals surface area contributed by atoms with Crippen LogP contribution in [0.1, 0.15) is 76.0 Å². The maximum absolute atomic E-state index is 13.8. The molecule has 3 N–H and O–H groups in total. The summed E-state index contributed by atoms with van der Waals surface area (Å²) >= 11 is 0. The Morgan fingerprint density at radius 2 is 1.89 bits per heavy atom. The van der Waals surface area contributed by atoms with Gasteiger partial charge in [0.15, 0.2) is 5.03 Å². The minimum absolute atomic E-state index is 0.0569. The van der Waals surface area contributed by atoms with Crippen LogP contribution in [-0.4, -0.2) is 61.4 Å². The van der Waals surface area contributed by atoms with Crippen LogP contribution in [-0.2, 0) is 15.4 Å². The van der Waals surface area contributed by atoms with E-state index in [4.69, 9.17) is 10.7 Å². The van der Waals surface area contributed by atoms with Gasteiger partial charge in [-0.25, -0.2) is 14.7 Å². The first-order chi connectivity index (χ1) is 17.6. The fraction of sp³-hybridized carbons (Fsp3) is 0.536. The van der Waals surface area contributed by atoms with E-state index in [1.807, 2.05) is 6.07 Å². The number of carbonyl (C=O) groups is 1. The van der Waals surface area contributed by atoms with Crippen molar-refractivity contribution in [1.29, 1.82) is 0 Å². The molecule has 1 saturated heterocycles. The van der Waals surface area contributed by atoms with Gasteiger partial charge in [-0.15, -0.1) is 0 Å². The number of hydrogen-bond acceptors (Lipinski definition) is 8. The number of pyridine rings is 2. The molecule has 38 heavy (non-hydrogen) atoms. The molecule has 2 aliphatic heterocycles. The standard InChI is InChI=1S/C28H40N6O3S/c1-18-11-16-34(28(18,5)6)25-21(26(35)32-38(36,37)23-10-8-9-22(29)30-23)17-20(24(31-25)27(2,3)4)19-12-14-33(7)15-13-19/h8-10,12,17-18H,11,13-16H2,1-7H3,(H2,29,30)(H,32,35). The van der Waals surface area contributed by atoms with Gasteiger partial charge < -0.3 is 15.5 Å². The summed E-state index contributed by atoms with van der Waals surface area (Å²) < 4.78 is 28.5. The van der Waals surface area contributed by atoms with Gasteiger partial charge in [0.25, 0.3) is 15.9 Å². The molecule has 1 atom stereocenters. The average molecular weight is 541 g/mol. The van der Waals surface area contributed by atoms with Gasteiger partial charge in [0.1, 0.15) is 11.6 Å². The summed E-state index contributed by atoms with van der Waals surface area (Å²) in [6.45, 7) is 15.2. The van der Waals surface area contributed by atoms with E-state index in [0.717, 1.165) is 49.3 Å². The van der Waals surface area contributed by atoms with Crippen LogP contribution < -0.4 is 15.4 Å². The lowest BCUT2D eigenvalue weighted by molar-refractivity contribution is 0.0981. The second-order valence-corrected chi connectivity index (χ2v) is 13.7. The van der Waals surface area contributed by atoms with Crippen molar-refractivity contribution >= 4 is 33.1 Å². The van der Waals surface area contributed by atoms with Crippen molar-refractivity contribution < 1.29 is 13.2 Å². The van der Waals surface area contributed by atoms with E-state index in [9.17, 15) is 13.2 Å². The highest BCUT2D eigenvalue weighted by Crippen LogP contribution is 2.41. The van der Waals surface area contributed by atoms with E-state index in [-0.39, 0.29) is 27.4 Å². The number of nitrogen functional groups attached to an aromatic ring is 1. The van der Waals surface area contributed by atoms with E-state index in [2.05, 4.69) is 74.2 Å². The number of hydrogen-bond donors (Lipinski definition) is 2. The zero-order valence-electron chi connectivity index (χ0n) is 23.5. The van der Waals surface area contributed by atoms with Crippen LogP contribution in [0, 0.1) is 5.92 Å². The summed E-state index contributed by atoms with van der Waals surface area (Å²) in [5.74, 6) is 0.202. The first kappa shape index (κ1) is 28.0. The molecule has 0 bridgehead atoms. The SMILES string of the molecule is CC1CCN(c2nc(C(C)(C)C)c(C3=CCN(C)CC3)cc2C(=O)NS(=O)(=O)c2cccc(N)n2)C1(C)C. The number of nitrogens with one attached hydrogen (secondary N) is 1. The number of aromatic nitrogens is 2. The molecule has 2 aromatic heterocycles. The molecule has 4 heterocycles. The first-order valence-corrected chi connectivity index (χ1v) is 14.6. The molecule has 1 unspecified atom stereocenters. The Bertz CT molecular complexity index is 1380. The van der Waals surface area contributed by atoms with Crippen LogP contribution >= 0.6 is 0 Å². The number of nitrogens with zero attached hydrogens (tertiary/aromatic N) is 4. The molecule has 0 aromatic carbocycles. The monoisotopic (exact) mass is 540 g/mol. The van der Waals surface area contributed by atoms with Crippen molar-refractivity contribution in [3.63, 3.8) is 0 Å². The first-order valence-electron chi connectivity index (χ1n) is 13.1. The zero-order chi connectivity index (χ0) is 28.0. The predicted octanol–water partition coefficient (Wildman–Crippen LogP) is 3.82. The van der Waals surface area contributed by atoms with Gasteiger partial charge in [0, 0.05) is 36.2 Å². The van der Waals surface area contributed by atoms with E-state index in [0.29, 0.717) is 11.7 Å². The summed E-state index contributed by atoms with van der Waals surface area (Å²) in [6.07, 6.45) is 3.94. The second kappa shape index (κ2) is 9.96. The predicted molar refractivity (Wildman–Crippen MR) is 152 cm³/mol. The fourth-order valence-electron chi connectivity index (χ4n) is 5.13. The number of anilines is 2. The van der Waals surface area contributed by atoms with Gasteiger partial charge in [-0.3, -0.25) is 4.79 Å². The highest BCUT2D eigenvalue weighted by atomic mass is 32.2. The third-order valence-electron chi connectivity index (χ3n) is 7.91. The van der Waals surface area contributed by atoms with E-state index >= 15 is 0 Å². The van der Waals surface area contributed by atoms with Crippen molar-refractivity contribution in [2.75, 3.05) is 37.3 Å². The van der Waals surface area contributed by atoms with Crippen LogP contribution in [0.15, 0.2) is 35.4 Å². The molecule has 206 valence electrons. The molecule has 0 spiro atoms. The Hall–Kier alpha value is -2.98. The van der Waals surface area contributed by atoms with Gasteiger partial charge >= 0.3 is 0 Å². The normalized spacial score (nSPS) is 20.3. The molecule has 0 radical (unpaired) electrons. The Labute approximate surface area is 226 Å². The van der Waals surface area contributed by atoms with Gasteiger partial charge in [0.05, 0.1) is 11.3 Å². The minimum atomic E-state index is -4.25. The molecule has 4 rings (SSSR count). The number of sulfonamides is 1. The second-order valence-electron chi connectivity index (χ2n) is 12.1. The lowest BCUT2D eigenvalue weighted by Crippen LogP contribution is -2.44. The van der Waals surface area contributed by atoms with E-state index in [1.54, 1.807) is 0 Å². The molecule has 10 heteroatoms. The van der Waals surface area contributed by atoms with E-state index in [1.165, 1.54) is 18.2 Å². The molecule has 0 aliphatic carbocycles. The van der Waals surface area contributed by atoms with Crippen LogP contribution in [0.2, 0.25) is 0 Å². The van der Waals surface area contributed by atoms with Crippen molar-refractivity contribution in [2.45, 2.75) is 70.4 Å². The quantitative estimate of drug-likeness (QED) is 0.587. The molecule has 1 fully saturated rings. The van der Waals surface area contributed by atoms with Gasteiger partial charge in [0.2, 0.25) is 0 Å². The number of carbonyl (C=O) groups excluding carboxylic acids is 1. The van der Waals surface area contributed by atoms with Crippen molar-refractivity contribution in [3.8, 4) is 0 Å². The summed E-state index contributed by atoms with van der Waals surface area (Å²) in [4.78, 5) is 27.2. The maximum atomic E-state index is 13.8. The maximum Gasteiger partial charge on any atom is 0.281 e. The fourth-order valence-corrected chi connectivity index (χ4v) is 6.07. The molecule has 2 aliphatic rings. The lowest BCUT2D eigenvalue weighted by Gasteiger charge is -2.38. The Morgan fingerprint density at radius 1 is 1.18 bits per heavy atom. The topological polar surface area (TPSA) is 122 Å². The van der Waals surface area contributed by atoms with Gasteiger partial charge in [-0.05, 0) is 63.4 Å². The third kappa shape index (κ3) is 5.42. The molecular weight excluding hydrogens is 500 g/mol. The van der Waals surface area contributed by atoms with Crippen LogP contribution in [0.4, 0.5) is 11.6 Å². The largest absolute Gasteiger partial charge is 0.384 e. The summed E-state index contributed by atoms with van der Waals surface area (Å²) in [5, 5.41) is -0.306. The number of likely N-dealkylation sites (N-methyl/N-ethyl adjacent to an activating group) is 1. The molecule has 1 amide bonds. The summed E-state index contributed by atoms with van der Waals surface area (Å²) in [6, 6.07) is 6.14. The van der Waals surface area contributed by atoms with E-state index < -0.39 is 15.9 Å². The molecule has 0 saturated carbocycles. The lowest BCUT2D eigenvalue weighted by atomic mass is 9.83. The number of amides is 1. The summed E-state index contributed by atoms with van der Waals surface area (Å²) in [5.41, 5.74) is 8.29. The summed E-state index contributed by atoms with van der Waals surface area (Å²) in [7, 11) is -2.18. The van der Waals surface area contributed by atoms with Gasteiger partial charge in [-0.2, -0.15) is 8.42 Å². The minimum Gasteiger partial charge on any atom is -0.384 e. The smallest absolute Gasteiger partial charge is 0.281 e. The van der Waals surface area contributed by atoms with Crippen LogP contribution in [0.3, 0.4) is 0 Å². The Kier molecular flexibility index (Phi) is 7.35. The molecular formula is C28H40N6O3S. The zero-order valence-corrected chi connectivity index (χ0v) is 24.3. The van der Waals surface area contributed by atoms with Crippen LogP contribution in [0.5, 0.6) is 0 Å². The third-order valence-corrected chi connectivity index (χ3v) is 9.14. The molecule has 9 nitrogen and oxygen atoms in total.